The molecule has 1 saturated heterocycles. The molecule has 25 heavy (non-hydrogen) atoms. The number of halogens is 1. The Morgan fingerprint density at radius 1 is 1.08 bits per heavy atom. The minimum absolute atomic E-state index is 0.236. The SMILES string of the molecule is O=S(=O)(NC1CCN(S(=O)(=O)c2cccc(Br)c2)CC1)c1cccs1. The lowest BCUT2D eigenvalue weighted by Crippen LogP contribution is -2.46. The smallest absolute Gasteiger partial charge is 0.207 e. The van der Waals surface area contributed by atoms with Crippen LogP contribution in [0.2, 0.25) is 0 Å². The zero-order chi connectivity index (χ0) is 18.1. The summed E-state index contributed by atoms with van der Waals surface area (Å²) in [5.41, 5.74) is 0. The molecular weight excluding hydrogens is 448 g/mol. The third kappa shape index (κ3) is 4.32. The Hall–Kier alpha value is -0.780. The van der Waals surface area contributed by atoms with Gasteiger partial charge in [0.25, 0.3) is 0 Å². The van der Waals surface area contributed by atoms with E-state index in [4.69, 9.17) is 0 Å². The van der Waals surface area contributed by atoms with Crippen LogP contribution in [0.5, 0.6) is 0 Å². The normalized spacial score (nSPS) is 17.6. The van der Waals surface area contributed by atoms with Crippen molar-refractivity contribution in [3.8, 4) is 0 Å². The summed E-state index contributed by atoms with van der Waals surface area (Å²) in [6, 6.07) is 9.56. The first-order valence-electron chi connectivity index (χ1n) is 7.60. The quantitative estimate of drug-likeness (QED) is 0.736. The number of nitrogens with one attached hydrogen (secondary N) is 1. The Morgan fingerprint density at radius 3 is 2.40 bits per heavy atom. The second kappa shape index (κ2) is 7.45. The maximum absolute atomic E-state index is 12.7. The summed E-state index contributed by atoms with van der Waals surface area (Å²) in [4.78, 5) is 0.236. The summed E-state index contributed by atoms with van der Waals surface area (Å²) < 4.78 is 55.0. The highest BCUT2D eigenvalue weighted by Gasteiger charge is 2.31. The van der Waals surface area contributed by atoms with Crippen LogP contribution in [0.1, 0.15) is 12.8 Å². The zero-order valence-electron chi connectivity index (χ0n) is 13.1. The van der Waals surface area contributed by atoms with Gasteiger partial charge >= 0.3 is 0 Å². The molecule has 1 aromatic heterocycles. The molecule has 1 aliphatic rings. The molecule has 0 saturated carbocycles. The van der Waals surface area contributed by atoms with Crippen LogP contribution in [0, 0.1) is 0 Å². The van der Waals surface area contributed by atoms with Crippen LogP contribution >= 0.6 is 27.3 Å². The largest absolute Gasteiger partial charge is 0.250 e. The van der Waals surface area contributed by atoms with Gasteiger partial charge in [0.1, 0.15) is 4.21 Å². The van der Waals surface area contributed by atoms with Crippen LogP contribution in [0.15, 0.2) is 55.4 Å². The molecular formula is C15H17BrN2O4S3. The highest BCUT2D eigenvalue weighted by molar-refractivity contribution is 9.10. The molecule has 6 nitrogen and oxygen atoms in total. The third-order valence-corrected chi connectivity index (χ3v) is 9.28. The first kappa shape index (κ1) is 19.0. The van der Waals surface area contributed by atoms with E-state index in [1.54, 1.807) is 41.8 Å². The summed E-state index contributed by atoms with van der Waals surface area (Å²) >= 11 is 4.44. The Morgan fingerprint density at radius 2 is 1.80 bits per heavy atom. The molecule has 0 radical (unpaired) electrons. The van der Waals surface area contributed by atoms with Gasteiger partial charge in [-0.2, -0.15) is 4.31 Å². The second-order valence-corrected chi connectivity index (χ2v) is 11.4. The van der Waals surface area contributed by atoms with E-state index in [0.717, 1.165) is 11.3 Å². The number of rotatable bonds is 5. The van der Waals surface area contributed by atoms with E-state index in [-0.39, 0.29) is 28.2 Å². The highest BCUT2D eigenvalue weighted by atomic mass is 79.9. The molecule has 3 rings (SSSR count). The van der Waals surface area contributed by atoms with Crippen molar-refractivity contribution in [2.75, 3.05) is 13.1 Å². The van der Waals surface area contributed by atoms with Gasteiger partial charge in [0, 0.05) is 23.6 Å². The van der Waals surface area contributed by atoms with Gasteiger partial charge < -0.3 is 0 Å². The Kier molecular flexibility index (Phi) is 5.66. The first-order chi connectivity index (χ1) is 11.8. The van der Waals surface area contributed by atoms with E-state index in [1.165, 1.54) is 4.31 Å². The van der Waals surface area contributed by atoms with Crippen LogP contribution < -0.4 is 4.72 Å². The second-order valence-electron chi connectivity index (χ2n) is 5.69. The van der Waals surface area contributed by atoms with Gasteiger partial charge in [0.15, 0.2) is 0 Å². The molecule has 136 valence electrons. The molecule has 0 atom stereocenters. The Balaban J connectivity index is 1.66. The average molecular weight is 465 g/mol. The molecule has 1 aromatic carbocycles. The predicted octanol–water partition coefficient (Wildman–Crippen LogP) is 2.64. The maximum atomic E-state index is 12.7. The molecule has 1 fully saturated rings. The highest BCUT2D eigenvalue weighted by Crippen LogP contribution is 2.24. The van der Waals surface area contributed by atoms with Gasteiger partial charge in [0.05, 0.1) is 4.90 Å². The van der Waals surface area contributed by atoms with Gasteiger partial charge in [-0.05, 0) is 42.5 Å². The van der Waals surface area contributed by atoms with Gasteiger partial charge in [-0.1, -0.05) is 28.1 Å². The standard InChI is InChI=1S/C15H17BrN2O4S3/c16-12-3-1-4-14(11-12)25(21,22)18-8-6-13(7-9-18)17-24(19,20)15-5-2-10-23-15/h1-5,10-11,13,17H,6-9H2. The van der Waals surface area contributed by atoms with Crippen molar-refractivity contribution in [1.82, 2.24) is 9.03 Å². The van der Waals surface area contributed by atoms with Crippen molar-refractivity contribution < 1.29 is 16.8 Å². The first-order valence-corrected chi connectivity index (χ1v) is 12.2. The maximum Gasteiger partial charge on any atom is 0.250 e. The van der Waals surface area contributed by atoms with E-state index in [2.05, 4.69) is 20.7 Å². The number of hydrogen-bond acceptors (Lipinski definition) is 5. The lowest BCUT2D eigenvalue weighted by Gasteiger charge is -2.31. The fraction of sp³-hybridized carbons (Fsp3) is 0.333. The van der Waals surface area contributed by atoms with E-state index in [9.17, 15) is 16.8 Å². The van der Waals surface area contributed by atoms with Crippen molar-refractivity contribution in [2.24, 2.45) is 0 Å². The van der Waals surface area contributed by atoms with Gasteiger partial charge in [0.2, 0.25) is 20.0 Å². The molecule has 10 heteroatoms. The van der Waals surface area contributed by atoms with Crippen molar-refractivity contribution in [2.45, 2.75) is 28.0 Å². The lowest BCUT2D eigenvalue weighted by molar-refractivity contribution is 0.308. The number of nitrogens with zero attached hydrogens (tertiary/aromatic N) is 1. The van der Waals surface area contributed by atoms with Crippen molar-refractivity contribution >= 4 is 47.3 Å². The molecule has 0 spiro atoms. The number of piperidine rings is 1. The van der Waals surface area contributed by atoms with Crippen LogP contribution in [0.25, 0.3) is 0 Å². The summed E-state index contributed by atoms with van der Waals surface area (Å²) in [5.74, 6) is 0. The lowest BCUT2D eigenvalue weighted by atomic mass is 10.1. The average Bonchev–Trinajstić information content (AvgIpc) is 3.10. The van der Waals surface area contributed by atoms with E-state index < -0.39 is 20.0 Å². The van der Waals surface area contributed by atoms with Crippen molar-refractivity contribution in [3.63, 3.8) is 0 Å². The number of thiophene rings is 1. The number of hydrogen-bond donors (Lipinski definition) is 1. The molecule has 2 aromatic rings. The number of benzene rings is 1. The predicted molar refractivity (Wildman–Crippen MR) is 101 cm³/mol. The zero-order valence-corrected chi connectivity index (χ0v) is 17.2. The fourth-order valence-electron chi connectivity index (χ4n) is 2.68. The number of sulfonamides is 2. The Bertz CT molecular complexity index is 935. The molecule has 0 aliphatic carbocycles. The molecule has 0 amide bonds. The topological polar surface area (TPSA) is 83.6 Å². The molecule has 0 bridgehead atoms. The Labute approximate surface area is 160 Å². The van der Waals surface area contributed by atoms with Crippen LogP contribution in [0.3, 0.4) is 0 Å². The van der Waals surface area contributed by atoms with Crippen LogP contribution in [0.4, 0.5) is 0 Å². The van der Waals surface area contributed by atoms with Crippen molar-refractivity contribution in [1.29, 1.82) is 0 Å². The van der Waals surface area contributed by atoms with Crippen LogP contribution in [-0.2, 0) is 20.0 Å². The van der Waals surface area contributed by atoms with Crippen molar-refractivity contribution in [3.05, 3.63) is 46.3 Å². The minimum atomic E-state index is -3.57. The van der Waals surface area contributed by atoms with E-state index in [1.807, 2.05) is 0 Å². The van der Waals surface area contributed by atoms with Crippen LogP contribution in [-0.4, -0.2) is 40.3 Å². The summed E-state index contributed by atoms with van der Waals surface area (Å²) in [6.07, 6.45) is 0.885. The summed E-state index contributed by atoms with van der Waals surface area (Å²) in [6.45, 7) is 0.568. The van der Waals surface area contributed by atoms with Gasteiger partial charge in [-0.15, -0.1) is 11.3 Å². The molecule has 1 aliphatic heterocycles. The third-order valence-electron chi connectivity index (χ3n) is 3.97. The summed E-state index contributed by atoms with van der Waals surface area (Å²) in [7, 11) is -7.10. The van der Waals surface area contributed by atoms with Gasteiger partial charge in [-0.3, -0.25) is 0 Å². The molecule has 0 unspecified atom stereocenters. The fourth-order valence-corrected chi connectivity index (χ4v) is 7.07. The summed E-state index contributed by atoms with van der Waals surface area (Å²) in [5, 5.41) is 1.71. The van der Waals surface area contributed by atoms with Gasteiger partial charge in [-0.25, -0.2) is 21.6 Å². The molecule has 1 N–H and O–H groups in total. The van der Waals surface area contributed by atoms with E-state index in [0.29, 0.717) is 17.3 Å². The minimum Gasteiger partial charge on any atom is -0.207 e. The monoisotopic (exact) mass is 464 g/mol. The van der Waals surface area contributed by atoms with E-state index >= 15 is 0 Å². The molecule has 2 heterocycles.